The number of methoxy groups -OCH3 is 1. The molecule has 1 aromatic carbocycles. The third kappa shape index (κ3) is 4.80. The lowest BCUT2D eigenvalue weighted by Gasteiger charge is -2.26. The van der Waals surface area contributed by atoms with Gasteiger partial charge >= 0.3 is 0 Å². The second-order valence-corrected chi connectivity index (χ2v) is 5.99. The molecule has 0 amide bonds. The Labute approximate surface area is 121 Å². The summed E-state index contributed by atoms with van der Waals surface area (Å²) in [4.78, 5) is 2.84. The third-order valence-corrected chi connectivity index (χ3v) is 3.97. The Balaban J connectivity index is 2.56. The smallest absolute Gasteiger partial charge is 0.123 e. The highest BCUT2D eigenvalue weighted by Crippen LogP contribution is 2.23. The second kappa shape index (κ2) is 6.87. The predicted molar refractivity (Wildman–Crippen MR) is 84.5 cm³/mol. The Kier molecular flexibility index (Phi) is 5.76. The molecule has 0 saturated heterocycles. The first-order valence-electron chi connectivity index (χ1n) is 6.47. The van der Waals surface area contributed by atoms with E-state index in [4.69, 9.17) is 22.7 Å². The van der Waals surface area contributed by atoms with Gasteiger partial charge in [-0.05, 0) is 26.1 Å². The van der Waals surface area contributed by atoms with E-state index in [2.05, 4.69) is 31.9 Å². The Morgan fingerprint density at radius 3 is 2.58 bits per heavy atom. The first kappa shape index (κ1) is 15.9. The standard InChI is InChI=1S/C15H24N2OS/c1-15(2,14(16)19)9-10-17(3)11-12-7-5-6-8-13(12)18-4/h5-8H,9-11H2,1-4H3,(H2,16,19). The highest BCUT2D eigenvalue weighted by atomic mass is 32.1. The maximum absolute atomic E-state index is 5.75. The zero-order valence-corrected chi connectivity index (χ0v) is 13.1. The predicted octanol–water partition coefficient (Wildman–Crippen LogP) is 2.83. The molecule has 3 nitrogen and oxygen atoms in total. The van der Waals surface area contributed by atoms with Crippen LogP contribution in [0.15, 0.2) is 24.3 Å². The van der Waals surface area contributed by atoms with Crippen LogP contribution >= 0.6 is 12.2 Å². The number of hydrogen-bond donors (Lipinski definition) is 1. The monoisotopic (exact) mass is 280 g/mol. The lowest BCUT2D eigenvalue weighted by atomic mass is 9.89. The normalized spacial score (nSPS) is 11.6. The first-order valence-corrected chi connectivity index (χ1v) is 6.88. The van der Waals surface area contributed by atoms with E-state index in [-0.39, 0.29) is 5.41 Å². The zero-order valence-electron chi connectivity index (χ0n) is 12.3. The molecule has 2 N–H and O–H groups in total. The molecule has 0 saturated carbocycles. The van der Waals surface area contributed by atoms with Crippen molar-refractivity contribution in [1.82, 2.24) is 4.90 Å². The van der Waals surface area contributed by atoms with Gasteiger partial charge in [-0.2, -0.15) is 0 Å². The van der Waals surface area contributed by atoms with Crippen LogP contribution in [0.5, 0.6) is 5.75 Å². The van der Waals surface area contributed by atoms with Crippen molar-refractivity contribution < 1.29 is 4.74 Å². The number of rotatable bonds is 7. The van der Waals surface area contributed by atoms with E-state index < -0.39 is 0 Å². The van der Waals surface area contributed by atoms with Gasteiger partial charge in [-0.3, -0.25) is 0 Å². The summed E-state index contributed by atoms with van der Waals surface area (Å²) in [7, 11) is 3.80. The molecule has 0 aromatic heterocycles. The summed E-state index contributed by atoms with van der Waals surface area (Å²) in [6, 6.07) is 8.10. The van der Waals surface area contributed by atoms with E-state index in [1.807, 2.05) is 18.2 Å². The lowest BCUT2D eigenvalue weighted by molar-refractivity contribution is 0.281. The molecular weight excluding hydrogens is 256 g/mol. The number of para-hydroxylation sites is 1. The summed E-state index contributed by atoms with van der Waals surface area (Å²) in [5.74, 6) is 0.933. The van der Waals surface area contributed by atoms with Crippen LogP contribution in [0.4, 0.5) is 0 Å². The molecule has 4 heteroatoms. The first-order chi connectivity index (χ1) is 8.86. The summed E-state index contributed by atoms with van der Waals surface area (Å²) in [6.07, 6.45) is 0.952. The molecule has 1 aromatic rings. The Morgan fingerprint density at radius 2 is 2.00 bits per heavy atom. The molecule has 0 aliphatic heterocycles. The number of nitrogens with zero attached hydrogens (tertiary/aromatic N) is 1. The Morgan fingerprint density at radius 1 is 1.37 bits per heavy atom. The van der Waals surface area contributed by atoms with Gasteiger partial charge in [0.05, 0.1) is 12.1 Å². The maximum atomic E-state index is 5.75. The molecule has 0 spiro atoms. The summed E-state index contributed by atoms with van der Waals surface area (Å²) < 4.78 is 5.36. The number of thiocarbonyl (C=S) groups is 1. The van der Waals surface area contributed by atoms with Crippen molar-refractivity contribution in [1.29, 1.82) is 0 Å². The van der Waals surface area contributed by atoms with Crippen molar-refractivity contribution in [3.8, 4) is 5.75 Å². The minimum Gasteiger partial charge on any atom is -0.496 e. The van der Waals surface area contributed by atoms with Gasteiger partial charge in [-0.15, -0.1) is 0 Å². The second-order valence-electron chi connectivity index (χ2n) is 5.55. The third-order valence-electron chi connectivity index (χ3n) is 3.42. The molecule has 0 heterocycles. The number of nitrogens with two attached hydrogens (primary N) is 1. The van der Waals surface area contributed by atoms with E-state index in [9.17, 15) is 0 Å². The van der Waals surface area contributed by atoms with Gasteiger partial charge in [0.15, 0.2) is 0 Å². The van der Waals surface area contributed by atoms with Gasteiger partial charge in [0.25, 0.3) is 0 Å². The summed E-state index contributed by atoms with van der Waals surface area (Å²) in [6.45, 7) is 5.98. The zero-order chi connectivity index (χ0) is 14.5. The van der Waals surface area contributed by atoms with E-state index in [0.29, 0.717) is 4.99 Å². The molecule has 0 atom stereocenters. The van der Waals surface area contributed by atoms with Crippen molar-refractivity contribution >= 4 is 17.2 Å². The molecule has 0 aliphatic rings. The van der Waals surface area contributed by atoms with Crippen LogP contribution in [0, 0.1) is 5.41 Å². The van der Waals surface area contributed by atoms with Crippen LogP contribution in [0.1, 0.15) is 25.8 Å². The highest BCUT2D eigenvalue weighted by Gasteiger charge is 2.21. The van der Waals surface area contributed by atoms with Gasteiger partial charge in [0, 0.05) is 17.5 Å². The van der Waals surface area contributed by atoms with Gasteiger partial charge in [0.2, 0.25) is 0 Å². The fourth-order valence-corrected chi connectivity index (χ4v) is 1.90. The van der Waals surface area contributed by atoms with Crippen LogP contribution < -0.4 is 10.5 Å². The van der Waals surface area contributed by atoms with Crippen molar-refractivity contribution in [3.05, 3.63) is 29.8 Å². The average molecular weight is 280 g/mol. The summed E-state index contributed by atoms with van der Waals surface area (Å²) in [5, 5.41) is 0. The maximum Gasteiger partial charge on any atom is 0.123 e. The molecule has 106 valence electrons. The van der Waals surface area contributed by atoms with Crippen LogP contribution in [0.3, 0.4) is 0 Å². The van der Waals surface area contributed by atoms with E-state index in [0.717, 1.165) is 25.3 Å². The minimum atomic E-state index is -0.0929. The average Bonchev–Trinajstić information content (AvgIpc) is 2.37. The number of ether oxygens (including phenoxy) is 1. The van der Waals surface area contributed by atoms with Crippen LogP contribution in [0.25, 0.3) is 0 Å². The molecule has 0 aliphatic carbocycles. The molecule has 19 heavy (non-hydrogen) atoms. The molecule has 0 radical (unpaired) electrons. The summed E-state index contributed by atoms with van der Waals surface area (Å²) in [5.41, 5.74) is 6.85. The van der Waals surface area contributed by atoms with Gasteiger partial charge < -0.3 is 15.4 Å². The Bertz CT molecular complexity index is 432. The summed E-state index contributed by atoms with van der Waals surface area (Å²) >= 11 is 5.09. The molecule has 0 unspecified atom stereocenters. The largest absolute Gasteiger partial charge is 0.496 e. The van der Waals surface area contributed by atoms with Crippen molar-refractivity contribution in [2.45, 2.75) is 26.8 Å². The lowest BCUT2D eigenvalue weighted by Crippen LogP contribution is -2.33. The van der Waals surface area contributed by atoms with Crippen molar-refractivity contribution in [3.63, 3.8) is 0 Å². The van der Waals surface area contributed by atoms with Crippen LogP contribution in [-0.2, 0) is 6.54 Å². The quantitative estimate of drug-likeness (QED) is 0.780. The van der Waals surface area contributed by atoms with Gasteiger partial charge in [-0.1, -0.05) is 44.3 Å². The van der Waals surface area contributed by atoms with Crippen LogP contribution in [-0.4, -0.2) is 30.6 Å². The molecular formula is C15H24N2OS. The molecule has 1 rings (SSSR count). The van der Waals surface area contributed by atoms with Crippen molar-refractivity contribution in [2.24, 2.45) is 11.1 Å². The van der Waals surface area contributed by atoms with Gasteiger partial charge in [-0.25, -0.2) is 0 Å². The van der Waals surface area contributed by atoms with E-state index in [1.54, 1.807) is 7.11 Å². The molecule has 0 bridgehead atoms. The number of hydrogen-bond acceptors (Lipinski definition) is 3. The molecule has 0 fully saturated rings. The fourth-order valence-electron chi connectivity index (χ4n) is 1.80. The van der Waals surface area contributed by atoms with Gasteiger partial charge in [0.1, 0.15) is 5.75 Å². The Hall–Kier alpha value is -1.13. The van der Waals surface area contributed by atoms with Crippen molar-refractivity contribution in [2.75, 3.05) is 20.7 Å². The van der Waals surface area contributed by atoms with E-state index >= 15 is 0 Å². The van der Waals surface area contributed by atoms with E-state index in [1.165, 1.54) is 5.56 Å². The van der Waals surface area contributed by atoms with Crippen LogP contribution in [0.2, 0.25) is 0 Å². The fraction of sp³-hybridized carbons (Fsp3) is 0.533. The SMILES string of the molecule is COc1ccccc1CN(C)CCC(C)(C)C(N)=S. The highest BCUT2D eigenvalue weighted by molar-refractivity contribution is 7.80. The topological polar surface area (TPSA) is 38.5 Å². The number of benzene rings is 1. The minimum absolute atomic E-state index is 0.0929.